The largest absolute Gasteiger partial charge is 0.383 e. The number of amides is 1. The minimum Gasteiger partial charge on any atom is -0.383 e. The highest BCUT2D eigenvalue weighted by Crippen LogP contribution is 2.16. The van der Waals surface area contributed by atoms with Gasteiger partial charge in [-0.1, -0.05) is 6.08 Å². The van der Waals surface area contributed by atoms with Crippen molar-refractivity contribution in [2.45, 2.75) is 4.90 Å². The van der Waals surface area contributed by atoms with Crippen molar-refractivity contribution in [1.29, 1.82) is 0 Å². The highest BCUT2D eigenvalue weighted by Gasteiger charge is 2.20. The van der Waals surface area contributed by atoms with E-state index in [1.807, 2.05) is 0 Å². The number of hydrogen-bond donors (Lipinski definition) is 2. The van der Waals surface area contributed by atoms with Crippen LogP contribution < -0.4 is 10.0 Å². The number of carbonyl (C=O) groups excluding carboxylic acids is 1. The van der Waals surface area contributed by atoms with E-state index in [4.69, 9.17) is 4.74 Å². The normalized spacial score (nSPS) is 11.1. The van der Waals surface area contributed by atoms with Crippen LogP contribution in [0.25, 0.3) is 0 Å². The lowest BCUT2D eigenvalue weighted by Crippen LogP contribution is -2.28. The van der Waals surface area contributed by atoms with Crippen molar-refractivity contribution in [1.82, 2.24) is 10.0 Å². The molecule has 0 aliphatic heterocycles. The lowest BCUT2D eigenvalue weighted by atomic mass is 10.2. The van der Waals surface area contributed by atoms with Crippen LogP contribution in [0, 0.1) is 5.82 Å². The van der Waals surface area contributed by atoms with Crippen LogP contribution in [-0.2, 0) is 14.8 Å². The number of rotatable bonds is 8. The molecule has 8 heteroatoms. The predicted octanol–water partition coefficient (Wildman–Crippen LogP) is 0.666. The number of benzene rings is 1. The fourth-order valence-corrected chi connectivity index (χ4v) is 2.57. The van der Waals surface area contributed by atoms with Crippen LogP contribution >= 0.6 is 0 Å². The van der Waals surface area contributed by atoms with E-state index in [1.165, 1.54) is 19.3 Å². The molecular weight excluding hydrogens is 299 g/mol. The van der Waals surface area contributed by atoms with Gasteiger partial charge in [-0.3, -0.25) is 4.79 Å². The Morgan fingerprint density at radius 2 is 2.19 bits per heavy atom. The maximum absolute atomic E-state index is 13.7. The molecule has 0 spiro atoms. The molecule has 1 aromatic rings. The molecule has 0 bridgehead atoms. The molecule has 0 aliphatic carbocycles. The third kappa shape index (κ3) is 4.92. The Balaban J connectivity index is 2.99. The van der Waals surface area contributed by atoms with Gasteiger partial charge < -0.3 is 10.1 Å². The van der Waals surface area contributed by atoms with E-state index in [0.29, 0.717) is 6.61 Å². The number of carbonyl (C=O) groups is 1. The van der Waals surface area contributed by atoms with Crippen LogP contribution in [0.4, 0.5) is 4.39 Å². The van der Waals surface area contributed by atoms with Crippen molar-refractivity contribution in [2.75, 3.05) is 26.8 Å². The monoisotopic (exact) mass is 316 g/mol. The van der Waals surface area contributed by atoms with Crippen molar-refractivity contribution >= 4 is 15.9 Å². The lowest BCUT2D eigenvalue weighted by Gasteiger charge is -2.09. The smallest absolute Gasteiger partial charge is 0.251 e. The Morgan fingerprint density at radius 3 is 2.81 bits per heavy atom. The molecular formula is C13H17FN2O4S. The maximum atomic E-state index is 13.7. The summed E-state index contributed by atoms with van der Waals surface area (Å²) >= 11 is 0. The number of ether oxygens (including phenoxy) is 1. The van der Waals surface area contributed by atoms with Gasteiger partial charge in [0.15, 0.2) is 0 Å². The van der Waals surface area contributed by atoms with Crippen LogP contribution in [0.3, 0.4) is 0 Å². The minimum atomic E-state index is -4.04. The summed E-state index contributed by atoms with van der Waals surface area (Å²) in [6.45, 7) is 3.92. The molecule has 116 valence electrons. The molecule has 1 amide bonds. The number of nitrogens with one attached hydrogen (secondary N) is 2. The zero-order valence-corrected chi connectivity index (χ0v) is 12.4. The zero-order chi connectivity index (χ0) is 15.9. The van der Waals surface area contributed by atoms with Gasteiger partial charge in [0.25, 0.3) is 5.91 Å². The zero-order valence-electron chi connectivity index (χ0n) is 11.6. The standard InChI is InChI=1S/C13H17FN2O4S/c1-3-6-16-21(18,19)12-9-10(4-5-11(12)14)13(17)15-7-8-20-2/h3-5,9,16H,1,6-8H2,2H3,(H,15,17). The van der Waals surface area contributed by atoms with Gasteiger partial charge in [-0.05, 0) is 18.2 Å². The number of methoxy groups -OCH3 is 1. The maximum Gasteiger partial charge on any atom is 0.251 e. The first-order chi connectivity index (χ1) is 9.92. The summed E-state index contributed by atoms with van der Waals surface area (Å²) in [6.07, 6.45) is 1.33. The van der Waals surface area contributed by atoms with E-state index >= 15 is 0 Å². The average molecular weight is 316 g/mol. The van der Waals surface area contributed by atoms with Crippen molar-refractivity contribution in [3.63, 3.8) is 0 Å². The third-order valence-electron chi connectivity index (χ3n) is 2.49. The first-order valence-corrected chi connectivity index (χ1v) is 7.58. The van der Waals surface area contributed by atoms with Gasteiger partial charge in [0.2, 0.25) is 10.0 Å². The Kier molecular flexibility index (Phi) is 6.47. The van der Waals surface area contributed by atoms with E-state index in [9.17, 15) is 17.6 Å². The summed E-state index contributed by atoms with van der Waals surface area (Å²) in [5, 5.41) is 2.52. The average Bonchev–Trinajstić information content (AvgIpc) is 2.45. The first-order valence-electron chi connectivity index (χ1n) is 6.09. The van der Waals surface area contributed by atoms with E-state index in [-0.39, 0.29) is 18.7 Å². The van der Waals surface area contributed by atoms with E-state index in [0.717, 1.165) is 12.1 Å². The Bertz CT molecular complexity index is 617. The molecule has 0 saturated heterocycles. The molecule has 0 heterocycles. The Morgan fingerprint density at radius 1 is 1.48 bits per heavy atom. The van der Waals surface area contributed by atoms with Crippen LogP contribution in [0.15, 0.2) is 35.7 Å². The summed E-state index contributed by atoms with van der Waals surface area (Å²) in [5.41, 5.74) is 0.0477. The van der Waals surface area contributed by atoms with Crippen LogP contribution in [0.1, 0.15) is 10.4 Å². The van der Waals surface area contributed by atoms with E-state index < -0.39 is 26.6 Å². The highest BCUT2D eigenvalue weighted by atomic mass is 32.2. The molecule has 0 saturated carbocycles. The predicted molar refractivity (Wildman–Crippen MR) is 76.0 cm³/mol. The molecule has 1 aromatic carbocycles. The minimum absolute atomic E-state index is 0.0357. The molecule has 0 unspecified atom stereocenters. The quantitative estimate of drug-likeness (QED) is 0.545. The summed E-state index contributed by atoms with van der Waals surface area (Å²) in [6, 6.07) is 3.14. The molecule has 0 aromatic heterocycles. The van der Waals surface area contributed by atoms with Crippen LogP contribution in [-0.4, -0.2) is 41.1 Å². The van der Waals surface area contributed by atoms with Gasteiger partial charge >= 0.3 is 0 Å². The van der Waals surface area contributed by atoms with Gasteiger partial charge in [0, 0.05) is 25.8 Å². The summed E-state index contributed by atoms with van der Waals surface area (Å²) in [7, 11) is -2.55. The van der Waals surface area contributed by atoms with Gasteiger partial charge in [0.1, 0.15) is 10.7 Å². The fourth-order valence-electron chi connectivity index (χ4n) is 1.47. The summed E-state index contributed by atoms with van der Waals surface area (Å²) < 4.78 is 44.4. The van der Waals surface area contributed by atoms with E-state index in [2.05, 4.69) is 16.6 Å². The van der Waals surface area contributed by atoms with Crippen molar-refractivity contribution in [3.8, 4) is 0 Å². The second kappa shape index (κ2) is 7.87. The van der Waals surface area contributed by atoms with Gasteiger partial charge in [0.05, 0.1) is 6.61 Å². The molecule has 1 rings (SSSR count). The fraction of sp³-hybridized carbons (Fsp3) is 0.308. The van der Waals surface area contributed by atoms with Crippen molar-refractivity contribution in [3.05, 3.63) is 42.2 Å². The Labute approximate surface area is 123 Å². The molecule has 0 fully saturated rings. The second-order valence-corrected chi connectivity index (χ2v) is 5.77. The highest BCUT2D eigenvalue weighted by molar-refractivity contribution is 7.89. The lowest BCUT2D eigenvalue weighted by molar-refractivity contribution is 0.0937. The Hall–Kier alpha value is -1.77. The molecule has 0 radical (unpaired) electrons. The van der Waals surface area contributed by atoms with Gasteiger partial charge in [-0.15, -0.1) is 6.58 Å². The van der Waals surface area contributed by atoms with Crippen LogP contribution in [0.5, 0.6) is 0 Å². The van der Waals surface area contributed by atoms with Crippen molar-refractivity contribution < 1.29 is 22.3 Å². The summed E-state index contributed by atoms with van der Waals surface area (Å²) in [4.78, 5) is 11.2. The molecule has 6 nitrogen and oxygen atoms in total. The third-order valence-corrected chi connectivity index (χ3v) is 3.93. The van der Waals surface area contributed by atoms with Gasteiger partial charge in [-0.25, -0.2) is 17.5 Å². The number of hydrogen-bond acceptors (Lipinski definition) is 4. The molecule has 2 N–H and O–H groups in total. The summed E-state index contributed by atoms with van der Waals surface area (Å²) in [5.74, 6) is -1.44. The van der Waals surface area contributed by atoms with Crippen molar-refractivity contribution in [2.24, 2.45) is 0 Å². The molecule has 0 aliphatic rings. The first kappa shape index (κ1) is 17.3. The van der Waals surface area contributed by atoms with Crippen LogP contribution in [0.2, 0.25) is 0 Å². The SMILES string of the molecule is C=CCNS(=O)(=O)c1cc(C(=O)NCCOC)ccc1F. The molecule has 21 heavy (non-hydrogen) atoms. The van der Waals surface area contributed by atoms with Gasteiger partial charge in [-0.2, -0.15) is 0 Å². The topological polar surface area (TPSA) is 84.5 Å². The molecule has 0 atom stereocenters. The van der Waals surface area contributed by atoms with E-state index in [1.54, 1.807) is 0 Å². The number of halogens is 1. The number of sulfonamides is 1. The second-order valence-electron chi connectivity index (χ2n) is 4.03.